The van der Waals surface area contributed by atoms with Crippen molar-refractivity contribution in [2.75, 3.05) is 19.0 Å². The molecular formula is C32H27FN4O8S. The van der Waals surface area contributed by atoms with Crippen molar-refractivity contribution in [2.24, 2.45) is 0 Å². The Morgan fingerprint density at radius 1 is 1.09 bits per heavy atom. The van der Waals surface area contributed by atoms with Gasteiger partial charge in [0, 0.05) is 41.8 Å². The van der Waals surface area contributed by atoms with Crippen LogP contribution in [0.25, 0.3) is 16.6 Å². The topological polar surface area (TPSA) is 149 Å². The van der Waals surface area contributed by atoms with Crippen LogP contribution in [0.2, 0.25) is 0 Å². The molecule has 0 radical (unpaired) electrons. The van der Waals surface area contributed by atoms with E-state index < -0.39 is 53.0 Å². The monoisotopic (exact) mass is 646 g/mol. The van der Waals surface area contributed by atoms with E-state index in [0.29, 0.717) is 17.8 Å². The highest BCUT2D eigenvalue weighted by molar-refractivity contribution is 8.00. The third-order valence-electron chi connectivity index (χ3n) is 7.65. The summed E-state index contributed by atoms with van der Waals surface area (Å²) in [7, 11) is 0. The van der Waals surface area contributed by atoms with Gasteiger partial charge >= 0.3 is 11.9 Å². The summed E-state index contributed by atoms with van der Waals surface area (Å²) in [5, 5.41) is 11.9. The molecule has 2 atom stereocenters. The zero-order chi connectivity index (χ0) is 32.5. The van der Waals surface area contributed by atoms with Crippen LogP contribution < -0.4 is 15.5 Å². The molecule has 2 aromatic heterocycles. The number of aryl methyl sites for hydroxylation is 1. The first-order valence-corrected chi connectivity index (χ1v) is 15.3. The smallest absolute Gasteiger partial charge is 0.352 e. The predicted octanol–water partition coefficient (Wildman–Crippen LogP) is 2.93. The van der Waals surface area contributed by atoms with Gasteiger partial charge in [-0.3, -0.25) is 19.3 Å². The molecule has 12 nitrogen and oxygen atoms in total. The van der Waals surface area contributed by atoms with E-state index in [1.54, 1.807) is 70.9 Å². The molecule has 14 heteroatoms. The molecule has 0 aliphatic carbocycles. The van der Waals surface area contributed by atoms with Gasteiger partial charge in [0.1, 0.15) is 40.8 Å². The Labute approximate surface area is 265 Å². The lowest BCUT2D eigenvalue weighted by Gasteiger charge is -2.49. The number of ether oxygens (including phenoxy) is 2. The number of rotatable bonds is 10. The lowest BCUT2D eigenvalue weighted by Crippen LogP contribution is -2.71. The average molecular weight is 647 g/mol. The molecule has 4 heterocycles. The molecule has 2 aliphatic rings. The number of carboxylic acid groups (broad SMARTS) is 1. The number of pyridine rings is 1. The van der Waals surface area contributed by atoms with Gasteiger partial charge in [-0.25, -0.2) is 14.0 Å². The van der Waals surface area contributed by atoms with Crippen molar-refractivity contribution in [2.45, 2.75) is 24.9 Å². The third-order valence-corrected chi connectivity index (χ3v) is 8.99. The minimum atomic E-state index is -1.41. The number of halogens is 1. The number of para-hydroxylation sites is 1. The standard InChI is InChI=1S/C32H27FN4O8S/c1-2-35-14-21(28(39)20-12-22(33)24(13-23(20)35)36-10-6-7-11-36)32(43)45-15-18-17-46-30-26(29(40)37(30)27(18)31(41)42)34-25(38)16-44-19-8-4-3-5-9-19/h3-14,26,30H,2,15-17H2,1H3,(H,34,38)(H,41,42)/t26-,30?/m1/s1. The largest absolute Gasteiger partial charge is 0.484 e. The van der Waals surface area contributed by atoms with Crippen LogP contribution in [0.4, 0.5) is 4.39 Å². The Hall–Kier alpha value is -5.37. The fraction of sp³-hybridized carbons (Fsp3) is 0.219. The maximum Gasteiger partial charge on any atom is 0.352 e. The van der Waals surface area contributed by atoms with Crippen LogP contribution in [0, 0.1) is 5.82 Å². The summed E-state index contributed by atoms with van der Waals surface area (Å²) in [6.07, 6.45) is 4.67. The first-order valence-electron chi connectivity index (χ1n) is 14.2. The Balaban J connectivity index is 1.17. The summed E-state index contributed by atoms with van der Waals surface area (Å²) in [4.78, 5) is 65.1. The van der Waals surface area contributed by atoms with Gasteiger partial charge < -0.3 is 29.0 Å². The quantitative estimate of drug-likeness (QED) is 0.196. The maximum absolute atomic E-state index is 15.0. The van der Waals surface area contributed by atoms with Crippen molar-refractivity contribution in [3.8, 4) is 11.4 Å². The highest BCUT2D eigenvalue weighted by atomic mass is 32.2. The molecule has 1 saturated heterocycles. The molecule has 4 aromatic rings. The average Bonchev–Trinajstić information content (AvgIpc) is 3.60. The molecule has 236 valence electrons. The Morgan fingerprint density at radius 3 is 2.52 bits per heavy atom. The fourth-order valence-electron chi connectivity index (χ4n) is 5.40. The van der Waals surface area contributed by atoms with E-state index in [0.717, 1.165) is 11.0 Å². The minimum Gasteiger partial charge on any atom is -0.484 e. The van der Waals surface area contributed by atoms with Crippen LogP contribution in [0.1, 0.15) is 17.3 Å². The van der Waals surface area contributed by atoms with Crippen molar-refractivity contribution in [1.29, 1.82) is 0 Å². The zero-order valence-corrected chi connectivity index (χ0v) is 25.2. The second-order valence-corrected chi connectivity index (χ2v) is 11.6. The van der Waals surface area contributed by atoms with Crippen LogP contribution in [0.5, 0.6) is 5.75 Å². The molecule has 1 unspecified atom stereocenters. The second kappa shape index (κ2) is 12.6. The minimum absolute atomic E-state index is 0.0142. The highest BCUT2D eigenvalue weighted by Gasteiger charge is 2.54. The zero-order valence-electron chi connectivity index (χ0n) is 24.3. The molecule has 6 rings (SSSR count). The summed E-state index contributed by atoms with van der Waals surface area (Å²) >= 11 is 1.20. The van der Waals surface area contributed by atoms with Crippen LogP contribution in [-0.4, -0.2) is 73.3 Å². The van der Waals surface area contributed by atoms with E-state index in [1.807, 2.05) is 0 Å². The molecule has 2 aromatic carbocycles. The van der Waals surface area contributed by atoms with Crippen molar-refractivity contribution in [3.05, 3.63) is 106 Å². The van der Waals surface area contributed by atoms with Gasteiger partial charge in [-0.1, -0.05) is 18.2 Å². The fourth-order valence-corrected chi connectivity index (χ4v) is 6.73. The first-order chi connectivity index (χ1) is 22.2. The van der Waals surface area contributed by atoms with Gasteiger partial charge in [-0.05, 0) is 43.3 Å². The summed E-state index contributed by atoms with van der Waals surface area (Å²) in [5.41, 5.74) is -0.631. The molecule has 1 fully saturated rings. The number of β-lactam (4-membered cyclic amide) rings is 1. The van der Waals surface area contributed by atoms with Crippen molar-refractivity contribution in [1.82, 2.24) is 19.4 Å². The number of fused-ring (bicyclic) bond motifs is 2. The van der Waals surface area contributed by atoms with Gasteiger partial charge in [0.15, 0.2) is 6.61 Å². The molecule has 0 spiro atoms. The molecule has 2 amide bonds. The number of nitrogens with one attached hydrogen (secondary N) is 1. The first kappa shape index (κ1) is 30.6. The number of carbonyl (C=O) groups excluding carboxylic acids is 3. The molecule has 0 bridgehead atoms. The van der Waals surface area contributed by atoms with Crippen LogP contribution >= 0.6 is 11.8 Å². The molecular weight excluding hydrogens is 619 g/mol. The van der Waals surface area contributed by atoms with Crippen LogP contribution in [0.3, 0.4) is 0 Å². The number of carboxylic acids is 1. The van der Waals surface area contributed by atoms with Gasteiger partial charge in [-0.15, -0.1) is 11.8 Å². The Kier molecular flexibility index (Phi) is 8.37. The van der Waals surface area contributed by atoms with E-state index >= 15 is 4.39 Å². The number of amides is 2. The van der Waals surface area contributed by atoms with Crippen LogP contribution in [-0.2, 0) is 25.7 Å². The highest BCUT2D eigenvalue weighted by Crippen LogP contribution is 2.40. The Bertz CT molecular complexity index is 1960. The lowest BCUT2D eigenvalue weighted by molar-refractivity contribution is -0.151. The van der Waals surface area contributed by atoms with E-state index in [1.165, 1.54) is 24.0 Å². The van der Waals surface area contributed by atoms with Gasteiger partial charge in [0.05, 0.1) is 11.2 Å². The number of nitrogens with zero attached hydrogens (tertiary/aromatic N) is 3. The predicted molar refractivity (Wildman–Crippen MR) is 165 cm³/mol. The van der Waals surface area contributed by atoms with E-state index in [2.05, 4.69) is 5.32 Å². The summed E-state index contributed by atoms with van der Waals surface area (Å²) < 4.78 is 29.0. The summed E-state index contributed by atoms with van der Waals surface area (Å²) in [5.74, 6) is -3.70. The van der Waals surface area contributed by atoms with Crippen LogP contribution in [0.15, 0.2) is 89.3 Å². The number of thioether (sulfide) groups is 1. The van der Waals surface area contributed by atoms with Gasteiger partial charge in [-0.2, -0.15) is 0 Å². The SMILES string of the molecule is CCn1cc(C(=O)OCC2=C(C(=O)O)N3C(=O)[C@@H](NC(=O)COc4ccccc4)C3SC2)c(=O)c2cc(F)c(-n3cccc3)cc21. The third kappa shape index (κ3) is 5.62. The number of carbonyl (C=O) groups is 4. The molecule has 2 N–H and O–H groups in total. The van der Waals surface area contributed by atoms with Crippen molar-refractivity contribution < 1.29 is 38.1 Å². The molecule has 0 saturated carbocycles. The van der Waals surface area contributed by atoms with Crippen molar-refractivity contribution >= 4 is 46.4 Å². The molecule has 46 heavy (non-hydrogen) atoms. The van der Waals surface area contributed by atoms with Gasteiger partial charge in [0.25, 0.3) is 11.8 Å². The second-order valence-electron chi connectivity index (χ2n) is 10.5. The number of aromatic nitrogens is 2. The summed E-state index contributed by atoms with van der Waals surface area (Å²) in [6.45, 7) is 1.32. The summed E-state index contributed by atoms with van der Waals surface area (Å²) in [6, 6.07) is 13.8. The number of aliphatic carboxylic acids is 1. The van der Waals surface area contributed by atoms with E-state index in [-0.39, 0.29) is 40.3 Å². The van der Waals surface area contributed by atoms with Crippen molar-refractivity contribution in [3.63, 3.8) is 0 Å². The maximum atomic E-state index is 15.0. The molecule has 2 aliphatic heterocycles. The number of hydrogen-bond donors (Lipinski definition) is 2. The normalized spacial score (nSPS) is 17.3. The van der Waals surface area contributed by atoms with E-state index in [9.17, 15) is 29.1 Å². The number of benzene rings is 2. The Morgan fingerprint density at radius 2 is 1.83 bits per heavy atom. The van der Waals surface area contributed by atoms with E-state index in [4.69, 9.17) is 9.47 Å². The number of hydrogen-bond acceptors (Lipinski definition) is 8. The lowest BCUT2D eigenvalue weighted by atomic mass is 10.0. The number of esters is 1. The van der Waals surface area contributed by atoms with Gasteiger partial charge in [0.2, 0.25) is 5.43 Å².